The van der Waals surface area contributed by atoms with Gasteiger partial charge in [-0.05, 0) is 60.7 Å². The lowest BCUT2D eigenvalue weighted by Gasteiger charge is -2.34. The number of rotatable bonds is 5. The molecular formula is C30H35N5O. The Morgan fingerprint density at radius 1 is 0.944 bits per heavy atom. The second-order valence-corrected chi connectivity index (χ2v) is 10.9. The number of hydrogen-bond donors (Lipinski definition) is 1. The van der Waals surface area contributed by atoms with Crippen molar-refractivity contribution in [2.24, 2.45) is 0 Å². The number of morpholine rings is 1. The summed E-state index contributed by atoms with van der Waals surface area (Å²) in [5, 5.41) is 4.57. The summed E-state index contributed by atoms with van der Waals surface area (Å²) in [5.74, 6) is 1.63. The van der Waals surface area contributed by atoms with Gasteiger partial charge in [-0.1, -0.05) is 45.0 Å². The number of fused-ring (bicyclic) bond motifs is 1. The highest BCUT2D eigenvalue weighted by molar-refractivity contribution is 5.93. The second kappa shape index (κ2) is 9.96. The van der Waals surface area contributed by atoms with Gasteiger partial charge in [0.15, 0.2) is 0 Å². The number of nitrogens with zero attached hydrogens (tertiary/aromatic N) is 4. The lowest BCUT2D eigenvalue weighted by atomic mass is 9.87. The molecule has 6 heteroatoms. The van der Waals surface area contributed by atoms with Crippen molar-refractivity contribution < 1.29 is 4.74 Å². The Morgan fingerprint density at radius 3 is 2.36 bits per heavy atom. The van der Waals surface area contributed by atoms with Crippen LogP contribution in [0.2, 0.25) is 0 Å². The molecule has 186 valence electrons. The molecule has 0 spiro atoms. The number of anilines is 2. The largest absolute Gasteiger partial charge is 0.373 e. The molecule has 1 N–H and O–H groups in total. The molecule has 1 fully saturated rings. The van der Waals surface area contributed by atoms with Gasteiger partial charge >= 0.3 is 0 Å². The van der Waals surface area contributed by atoms with Gasteiger partial charge < -0.3 is 10.1 Å². The lowest BCUT2D eigenvalue weighted by molar-refractivity contribution is -0.0710. The topological polar surface area (TPSA) is 63.2 Å². The van der Waals surface area contributed by atoms with Gasteiger partial charge in [-0.15, -0.1) is 0 Å². The molecule has 2 aromatic carbocycles. The molecule has 1 aliphatic heterocycles. The third-order valence-electron chi connectivity index (χ3n) is 6.61. The van der Waals surface area contributed by atoms with E-state index in [0.717, 1.165) is 52.4 Å². The van der Waals surface area contributed by atoms with E-state index in [0.29, 0.717) is 6.54 Å². The van der Waals surface area contributed by atoms with Gasteiger partial charge in [0.25, 0.3) is 0 Å². The van der Waals surface area contributed by atoms with Gasteiger partial charge in [0.1, 0.15) is 11.6 Å². The summed E-state index contributed by atoms with van der Waals surface area (Å²) in [7, 11) is 0. The number of nitrogens with one attached hydrogen (secondary N) is 1. The van der Waals surface area contributed by atoms with Crippen molar-refractivity contribution in [2.75, 3.05) is 18.4 Å². The van der Waals surface area contributed by atoms with Crippen molar-refractivity contribution in [2.45, 2.75) is 58.8 Å². The van der Waals surface area contributed by atoms with Gasteiger partial charge in [0, 0.05) is 42.1 Å². The van der Waals surface area contributed by atoms with Crippen LogP contribution in [0.3, 0.4) is 0 Å². The third kappa shape index (κ3) is 5.55. The van der Waals surface area contributed by atoms with Gasteiger partial charge in [0.2, 0.25) is 0 Å². The highest BCUT2D eigenvalue weighted by Gasteiger charge is 2.23. The predicted molar refractivity (Wildman–Crippen MR) is 146 cm³/mol. The van der Waals surface area contributed by atoms with E-state index in [-0.39, 0.29) is 17.6 Å². The van der Waals surface area contributed by atoms with Gasteiger partial charge in [-0.3, -0.25) is 9.88 Å². The Bertz CT molecular complexity index is 1320. The molecule has 0 bridgehead atoms. The summed E-state index contributed by atoms with van der Waals surface area (Å²) in [5.41, 5.74) is 5.51. The van der Waals surface area contributed by atoms with Crippen molar-refractivity contribution in [3.8, 4) is 11.1 Å². The van der Waals surface area contributed by atoms with E-state index >= 15 is 0 Å². The molecule has 36 heavy (non-hydrogen) atoms. The van der Waals surface area contributed by atoms with Crippen LogP contribution >= 0.6 is 0 Å². The van der Waals surface area contributed by atoms with Gasteiger partial charge in [-0.25, -0.2) is 9.97 Å². The molecule has 2 unspecified atom stereocenters. The normalized spacial score (nSPS) is 18.9. The van der Waals surface area contributed by atoms with Crippen molar-refractivity contribution in [1.82, 2.24) is 19.9 Å². The Morgan fingerprint density at radius 2 is 1.69 bits per heavy atom. The van der Waals surface area contributed by atoms with E-state index in [1.54, 1.807) is 6.20 Å². The van der Waals surface area contributed by atoms with E-state index in [2.05, 4.69) is 98.4 Å². The van der Waals surface area contributed by atoms with Crippen LogP contribution < -0.4 is 5.32 Å². The van der Waals surface area contributed by atoms with Crippen LogP contribution in [0.5, 0.6) is 0 Å². The first-order valence-corrected chi connectivity index (χ1v) is 12.7. The molecule has 1 saturated heterocycles. The number of pyridine rings is 1. The molecule has 5 rings (SSSR count). The van der Waals surface area contributed by atoms with Crippen LogP contribution in [-0.2, 0) is 16.7 Å². The Kier molecular flexibility index (Phi) is 6.73. The fourth-order valence-corrected chi connectivity index (χ4v) is 4.86. The average molecular weight is 482 g/mol. The fourth-order valence-electron chi connectivity index (χ4n) is 4.86. The fraction of sp³-hybridized carbons (Fsp3) is 0.367. The summed E-state index contributed by atoms with van der Waals surface area (Å²) in [6.07, 6.45) is 4.08. The van der Waals surface area contributed by atoms with Gasteiger partial charge in [0.05, 0.1) is 24.3 Å². The molecule has 1 aliphatic rings. The van der Waals surface area contributed by atoms with Crippen LogP contribution in [0, 0.1) is 0 Å². The van der Waals surface area contributed by atoms with Crippen LogP contribution in [0.4, 0.5) is 11.5 Å². The molecule has 2 aromatic heterocycles. The third-order valence-corrected chi connectivity index (χ3v) is 6.61. The first-order valence-electron chi connectivity index (χ1n) is 12.7. The zero-order valence-electron chi connectivity index (χ0n) is 21.8. The SMILES string of the molecule is CC1CN(Cc2nc(Nc3ccc(C(C)(C)C)cc3)c3ccc(-c4cccnc4)cc3n2)CC(C)O1. The molecule has 2 atom stereocenters. The van der Waals surface area contributed by atoms with E-state index in [1.165, 1.54) is 5.56 Å². The zero-order chi connectivity index (χ0) is 25.3. The maximum atomic E-state index is 5.92. The second-order valence-electron chi connectivity index (χ2n) is 10.9. The quantitative estimate of drug-likeness (QED) is 0.359. The van der Waals surface area contributed by atoms with Crippen LogP contribution in [0.25, 0.3) is 22.0 Å². The van der Waals surface area contributed by atoms with Crippen LogP contribution in [0.15, 0.2) is 67.0 Å². The monoisotopic (exact) mass is 481 g/mol. The summed E-state index contributed by atoms with van der Waals surface area (Å²) in [4.78, 5) is 16.7. The van der Waals surface area contributed by atoms with E-state index in [9.17, 15) is 0 Å². The summed E-state index contributed by atoms with van der Waals surface area (Å²) in [6, 6.07) is 19.0. The van der Waals surface area contributed by atoms with Crippen LogP contribution in [-0.4, -0.2) is 45.1 Å². The predicted octanol–water partition coefficient (Wildman–Crippen LogP) is 6.34. The molecular weight excluding hydrogens is 446 g/mol. The molecule has 4 aromatic rings. The van der Waals surface area contributed by atoms with E-state index < -0.39 is 0 Å². The maximum Gasteiger partial charge on any atom is 0.145 e. The minimum absolute atomic E-state index is 0.114. The molecule has 3 heterocycles. The maximum absolute atomic E-state index is 5.92. The summed E-state index contributed by atoms with van der Waals surface area (Å²) in [6.45, 7) is 13.4. The van der Waals surface area contributed by atoms with Gasteiger partial charge in [-0.2, -0.15) is 0 Å². The number of aromatic nitrogens is 3. The Labute approximate surface area is 213 Å². The van der Waals surface area contributed by atoms with Crippen molar-refractivity contribution in [1.29, 1.82) is 0 Å². The molecule has 0 aliphatic carbocycles. The summed E-state index contributed by atoms with van der Waals surface area (Å²) >= 11 is 0. The highest BCUT2D eigenvalue weighted by Crippen LogP contribution is 2.30. The standard InChI is InChI=1S/C30H35N5O/c1-20-17-35(18-21(2)36-20)19-28-33-27-15-22(23-7-6-14-31-16-23)8-13-26(27)29(34-28)32-25-11-9-24(10-12-25)30(3,4)5/h6-16,20-21H,17-19H2,1-5H3,(H,32,33,34). The van der Waals surface area contributed by atoms with Crippen molar-refractivity contribution >= 4 is 22.4 Å². The average Bonchev–Trinajstić information content (AvgIpc) is 2.83. The lowest BCUT2D eigenvalue weighted by Crippen LogP contribution is -2.45. The minimum atomic E-state index is 0.114. The highest BCUT2D eigenvalue weighted by atomic mass is 16.5. The first-order chi connectivity index (χ1) is 17.2. The first kappa shape index (κ1) is 24.3. The zero-order valence-corrected chi connectivity index (χ0v) is 21.8. The molecule has 0 radical (unpaired) electrons. The minimum Gasteiger partial charge on any atom is -0.373 e. The van der Waals surface area contributed by atoms with Crippen molar-refractivity contribution in [3.63, 3.8) is 0 Å². The van der Waals surface area contributed by atoms with E-state index in [4.69, 9.17) is 14.7 Å². The van der Waals surface area contributed by atoms with E-state index in [1.807, 2.05) is 12.3 Å². The molecule has 0 amide bonds. The van der Waals surface area contributed by atoms with Crippen molar-refractivity contribution in [3.05, 3.63) is 78.4 Å². The number of ether oxygens (including phenoxy) is 1. The Hall–Kier alpha value is -3.35. The number of benzene rings is 2. The summed E-state index contributed by atoms with van der Waals surface area (Å²) < 4.78 is 5.92. The smallest absolute Gasteiger partial charge is 0.145 e. The molecule has 0 saturated carbocycles. The number of hydrogen-bond acceptors (Lipinski definition) is 6. The van der Waals surface area contributed by atoms with Crippen LogP contribution in [0.1, 0.15) is 46.0 Å². The Balaban J connectivity index is 1.52. The molecule has 6 nitrogen and oxygen atoms in total.